The highest BCUT2D eigenvalue weighted by molar-refractivity contribution is 6.72. The van der Waals surface area contributed by atoms with Gasteiger partial charge >= 0.3 is 0 Å². The lowest BCUT2D eigenvalue weighted by Gasteiger charge is -2.19. The molecule has 0 spiro atoms. The Balaban J connectivity index is 2.12. The zero-order valence-corrected chi connectivity index (χ0v) is 13.5. The summed E-state index contributed by atoms with van der Waals surface area (Å²) in [5.74, 6) is 0. The van der Waals surface area contributed by atoms with E-state index in [2.05, 4.69) is 81.9 Å². The van der Waals surface area contributed by atoms with Crippen molar-refractivity contribution in [1.29, 1.82) is 0 Å². The minimum Gasteiger partial charge on any atom is -0.0995 e. The molecule has 2 aromatic carbocycles. The van der Waals surface area contributed by atoms with Gasteiger partial charge < -0.3 is 0 Å². The largest absolute Gasteiger partial charge is 0.0995 e. The van der Waals surface area contributed by atoms with E-state index in [0.29, 0.717) is 0 Å². The first-order chi connectivity index (χ1) is 8.97. The summed E-state index contributed by atoms with van der Waals surface area (Å²) in [5.41, 5.74) is 2.89. The maximum atomic E-state index is 4.27. The molecular weight excluding hydrogens is 244 g/mol. The van der Waals surface area contributed by atoms with E-state index in [1.165, 1.54) is 21.5 Å². The maximum absolute atomic E-state index is 4.27. The van der Waals surface area contributed by atoms with Crippen LogP contribution in [0.4, 0.5) is 0 Å². The molecule has 0 saturated carbocycles. The Morgan fingerprint density at radius 1 is 0.895 bits per heavy atom. The van der Waals surface area contributed by atoms with E-state index in [0.717, 1.165) is 0 Å². The van der Waals surface area contributed by atoms with Crippen LogP contribution in [0.25, 0.3) is 5.20 Å². The zero-order chi connectivity index (χ0) is 13.9. The predicted molar refractivity (Wildman–Crippen MR) is 88.8 cm³/mol. The Labute approximate surface area is 119 Å². The number of benzene rings is 2. The molecule has 0 radical (unpaired) electrons. The molecule has 0 nitrogen and oxygen atoms in total. The fraction of sp³-hybridized carbons (Fsp3) is 0.222. The Kier molecular flexibility index (Phi) is 4.06. The van der Waals surface area contributed by atoms with E-state index in [1.807, 2.05) is 0 Å². The minimum atomic E-state index is -0.426. The topological polar surface area (TPSA) is 0 Å². The van der Waals surface area contributed by atoms with Crippen molar-refractivity contribution < 1.29 is 0 Å². The Morgan fingerprint density at radius 3 is 2.00 bits per heavy atom. The molecule has 0 atom stereocenters. The average molecular weight is 266 g/mol. The molecule has 19 heavy (non-hydrogen) atoms. The molecule has 0 aliphatic heterocycles. The smallest absolute Gasteiger partial charge is 0.0875 e. The second-order valence-electron chi connectivity index (χ2n) is 6.09. The SMILES string of the molecule is C=C([SiH2]c1ccccc1)c1ccc(C(C)(C)C)cc1. The van der Waals surface area contributed by atoms with Crippen LogP contribution in [-0.2, 0) is 5.41 Å². The monoisotopic (exact) mass is 266 g/mol. The van der Waals surface area contributed by atoms with Crippen LogP contribution >= 0.6 is 0 Å². The highest BCUT2D eigenvalue weighted by Gasteiger charge is 2.13. The quantitative estimate of drug-likeness (QED) is 0.747. The van der Waals surface area contributed by atoms with Crippen LogP contribution in [0.5, 0.6) is 0 Å². The molecule has 0 aliphatic rings. The Bertz CT molecular complexity index is 544. The van der Waals surface area contributed by atoms with Gasteiger partial charge in [0.05, 0.1) is 9.52 Å². The van der Waals surface area contributed by atoms with Gasteiger partial charge in [0.1, 0.15) is 0 Å². The summed E-state index contributed by atoms with van der Waals surface area (Å²) in [6.45, 7) is 11.0. The molecule has 0 amide bonds. The standard InChI is InChI=1S/C18H22Si/c1-14(19-17-8-6-5-7-9-17)15-10-12-16(13-11-15)18(2,3)4/h5-13H,1,19H2,2-4H3. The van der Waals surface area contributed by atoms with E-state index in [-0.39, 0.29) is 5.41 Å². The van der Waals surface area contributed by atoms with Gasteiger partial charge in [0, 0.05) is 0 Å². The molecule has 0 aromatic heterocycles. The molecule has 0 saturated heterocycles. The minimum absolute atomic E-state index is 0.219. The van der Waals surface area contributed by atoms with Crippen molar-refractivity contribution in [3.63, 3.8) is 0 Å². The number of hydrogen-bond donors (Lipinski definition) is 0. The molecule has 0 unspecified atom stereocenters. The third kappa shape index (κ3) is 3.68. The van der Waals surface area contributed by atoms with Crippen LogP contribution in [0.2, 0.25) is 0 Å². The summed E-state index contributed by atoms with van der Waals surface area (Å²) in [4.78, 5) is 0. The van der Waals surface area contributed by atoms with Gasteiger partial charge in [0.2, 0.25) is 0 Å². The highest BCUT2D eigenvalue weighted by atomic mass is 28.2. The van der Waals surface area contributed by atoms with Crippen LogP contribution in [0.1, 0.15) is 31.9 Å². The lowest BCUT2D eigenvalue weighted by Crippen LogP contribution is -2.15. The first kappa shape index (κ1) is 13.8. The van der Waals surface area contributed by atoms with Gasteiger partial charge in [-0.1, -0.05) is 92.3 Å². The second-order valence-corrected chi connectivity index (χ2v) is 8.12. The summed E-state index contributed by atoms with van der Waals surface area (Å²) >= 11 is 0. The molecule has 98 valence electrons. The maximum Gasteiger partial charge on any atom is 0.0875 e. The summed E-state index contributed by atoms with van der Waals surface area (Å²) in [7, 11) is -0.426. The van der Waals surface area contributed by atoms with E-state index >= 15 is 0 Å². The fourth-order valence-electron chi connectivity index (χ4n) is 2.15. The van der Waals surface area contributed by atoms with Crippen LogP contribution in [0.3, 0.4) is 0 Å². The molecule has 0 bridgehead atoms. The highest BCUT2D eigenvalue weighted by Crippen LogP contribution is 2.23. The molecule has 1 heteroatoms. The van der Waals surface area contributed by atoms with Crippen LogP contribution in [0.15, 0.2) is 61.2 Å². The predicted octanol–water partition coefficient (Wildman–Crippen LogP) is 3.45. The van der Waals surface area contributed by atoms with Crippen molar-refractivity contribution in [2.45, 2.75) is 26.2 Å². The van der Waals surface area contributed by atoms with Gasteiger partial charge in [-0.25, -0.2) is 0 Å². The number of rotatable bonds is 3. The van der Waals surface area contributed by atoms with Gasteiger partial charge in [0.15, 0.2) is 0 Å². The lowest BCUT2D eigenvalue weighted by atomic mass is 9.87. The first-order valence-corrected chi connectivity index (χ1v) is 8.21. The normalized spacial score (nSPS) is 11.9. The van der Waals surface area contributed by atoms with Gasteiger partial charge in [-0.15, -0.1) is 0 Å². The van der Waals surface area contributed by atoms with Crippen molar-refractivity contribution in [3.05, 3.63) is 72.3 Å². The van der Waals surface area contributed by atoms with E-state index in [1.54, 1.807) is 0 Å². The third-order valence-electron chi connectivity index (χ3n) is 3.42. The van der Waals surface area contributed by atoms with E-state index in [4.69, 9.17) is 0 Å². The Hall–Kier alpha value is -1.60. The summed E-state index contributed by atoms with van der Waals surface area (Å²) in [5, 5.41) is 2.76. The number of hydrogen-bond acceptors (Lipinski definition) is 0. The second kappa shape index (κ2) is 5.58. The molecule has 0 fully saturated rings. The van der Waals surface area contributed by atoms with Crippen LogP contribution in [0, 0.1) is 0 Å². The van der Waals surface area contributed by atoms with Crippen molar-refractivity contribution in [1.82, 2.24) is 0 Å². The van der Waals surface area contributed by atoms with Crippen molar-refractivity contribution in [2.75, 3.05) is 0 Å². The molecule has 2 aromatic rings. The average Bonchev–Trinajstić information content (AvgIpc) is 2.39. The van der Waals surface area contributed by atoms with E-state index < -0.39 is 9.52 Å². The fourth-order valence-corrected chi connectivity index (χ4v) is 3.59. The van der Waals surface area contributed by atoms with Crippen LogP contribution < -0.4 is 5.19 Å². The van der Waals surface area contributed by atoms with Crippen molar-refractivity contribution >= 4 is 19.9 Å². The zero-order valence-electron chi connectivity index (χ0n) is 12.1. The van der Waals surface area contributed by atoms with E-state index in [9.17, 15) is 0 Å². The Morgan fingerprint density at radius 2 is 1.47 bits per heavy atom. The molecular formula is C18H22Si. The van der Waals surface area contributed by atoms with Crippen molar-refractivity contribution in [2.24, 2.45) is 0 Å². The summed E-state index contributed by atoms with van der Waals surface area (Å²) in [6.07, 6.45) is 0. The molecule has 0 heterocycles. The third-order valence-corrected chi connectivity index (χ3v) is 5.13. The molecule has 0 aliphatic carbocycles. The van der Waals surface area contributed by atoms with Crippen LogP contribution in [-0.4, -0.2) is 9.52 Å². The summed E-state index contributed by atoms with van der Waals surface area (Å²) < 4.78 is 0. The van der Waals surface area contributed by atoms with Gasteiger partial charge in [-0.3, -0.25) is 0 Å². The first-order valence-electron chi connectivity index (χ1n) is 6.79. The van der Waals surface area contributed by atoms with Crippen molar-refractivity contribution in [3.8, 4) is 0 Å². The molecule has 0 N–H and O–H groups in total. The lowest BCUT2D eigenvalue weighted by molar-refractivity contribution is 0.590. The van der Waals surface area contributed by atoms with Gasteiger partial charge in [0.25, 0.3) is 0 Å². The van der Waals surface area contributed by atoms with Gasteiger partial charge in [-0.2, -0.15) is 0 Å². The molecule has 2 rings (SSSR count). The van der Waals surface area contributed by atoms with Gasteiger partial charge in [-0.05, 0) is 16.5 Å². The summed E-state index contributed by atoms with van der Waals surface area (Å²) in [6, 6.07) is 19.6.